The van der Waals surface area contributed by atoms with Crippen molar-refractivity contribution in [1.82, 2.24) is 0 Å². The zero-order valence-electron chi connectivity index (χ0n) is 3.06. The molecular weight excluding hydrogens is 71.0 g/mol. The standard InChI is InChI=1S/C3H6O2/c1-3(5)2-4/h4H,2H2,1H3/i1+1,2+1,3+1. The van der Waals surface area contributed by atoms with Crippen molar-refractivity contribution in [2.75, 3.05) is 6.61 Å². The molecule has 0 aliphatic carbocycles. The molecule has 0 spiro atoms. The summed E-state index contributed by atoms with van der Waals surface area (Å²) in [7, 11) is 0. The van der Waals surface area contributed by atoms with Crippen molar-refractivity contribution in [2.24, 2.45) is 0 Å². The van der Waals surface area contributed by atoms with E-state index < -0.39 is 0 Å². The first kappa shape index (κ1) is 4.63. The lowest BCUT2D eigenvalue weighted by molar-refractivity contribution is -0.119. The second kappa shape index (κ2) is 1.91. The van der Waals surface area contributed by atoms with Gasteiger partial charge in [-0.2, -0.15) is 0 Å². The Balaban J connectivity index is 2.85. The summed E-state index contributed by atoms with van der Waals surface area (Å²) in [5.41, 5.74) is 0. The third-order valence-electron chi connectivity index (χ3n) is 0.223. The Labute approximate surface area is 30.4 Å². The molecule has 2 heteroatoms. The van der Waals surface area contributed by atoms with Gasteiger partial charge in [0.25, 0.3) is 0 Å². The molecular formula is C3H6O2. The van der Waals surface area contributed by atoms with Gasteiger partial charge in [-0.25, -0.2) is 0 Å². The van der Waals surface area contributed by atoms with Crippen molar-refractivity contribution < 1.29 is 9.90 Å². The van der Waals surface area contributed by atoms with E-state index in [9.17, 15) is 4.79 Å². The molecule has 0 amide bonds. The Morgan fingerprint density at radius 1 is 2.00 bits per heavy atom. The largest absolute Gasteiger partial charge is 0.389 e. The molecule has 0 aromatic heterocycles. The van der Waals surface area contributed by atoms with Crippen molar-refractivity contribution in [3.05, 3.63) is 0 Å². The highest BCUT2D eigenvalue weighted by atomic mass is 16.4. The summed E-state index contributed by atoms with van der Waals surface area (Å²) in [5.74, 6) is -0.190. The molecule has 0 heterocycles. The summed E-state index contributed by atoms with van der Waals surface area (Å²) in [5, 5.41) is 7.79. The molecule has 5 heavy (non-hydrogen) atoms. The highest BCUT2D eigenvalue weighted by Gasteiger charge is 1.78. The molecule has 0 radical (unpaired) electrons. The van der Waals surface area contributed by atoms with Crippen LogP contribution in [0.1, 0.15) is 6.92 Å². The average Bonchev–Trinajstić information content (AvgIpc) is 1.38. The predicted octanol–water partition coefficient (Wildman–Crippen LogP) is -0.432. The van der Waals surface area contributed by atoms with E-state index >= 15 is 0 Å². The lowest BCUT2D eigenvalue weighted by Gasteiger charge is -1.72. The normalized spacial score (nSPS) is 7.60. The molecule has 1 N–H and O–H groups in total. The smallest absolute Gasteiger partial charge is 0.155 e. The van der Waals surface area contributed by atoms with E-state index in [1.54, 1.807) is 0 Å². The number of hydrogen-bond donors (Lipinski definition) is 1. The van der Waals surface area contributed by atoms with Crippen molar-refractivity contribution in [3.8, 4) is 0 Å². The zero-order valence-corrected chi connectivity index (χ0v) is 3.06. The minimum Gasteiger partial charge on any atom is -0.389 e. The molecule has 0 rings (SSSR count). The third-order valence-corrected chi connectivity index (χ3v) is 0.223. The molecule has 2 nitrogen and oxygen atoms in total. The first-order chi connectivity index (χ1) is 2.27. The van der Waals surface area contributed by atoms with Crippen LogP contribution >= 0.6 is 0 Å². The van der Waals surface area contributed by atoms with Gasteiger partial charge in [-0.15, -0.1) is 0 Å². The van der Waals surface area contributed by atoms with Gasteiger partial charge in [-0.3, -0.25) is 4.79 Å². The van der Waals surface area contributed by atoms with Crippen LogP contribution in [-0.2, 0) is 4.79 Å². The fourth-order valence-corrected chi connectivity index (χ4v) is 0. The van der Waals surface area contributed by atoms with Crippen LogP contribution in [0.25, 0.3) is 0 Å². The maximum absolute atomic E-state index is 9.56. The number of carbonyl (C=O) groups excluding carboxylic acids is 1. The Hall–Kier alpha value is -0.370. The summed E-state index contributed by atoms with van der Waals surface area (Å²) in [4.78, 5) is 9.56. The molecule has 0 aliphatic rings. The van der Waals surface area contributed by atoms with E-state index in [2.05, 4.69) is 0 Å². The van der Waals surface area contributed by atoms with Crippen LogP contribution in [0.5, 0.6) is 0 Å². The summed E-state index contributed by atoms with van der Waals surface area (Å²) in [6, 6.07) is 0. The van der Waals surface area contributed by atoms with Gasteiger partial charge in [0.1, 0.15) is 6.61 Å². The van der Waals surface area contributed by atoms with E-state index in [-0.39, 0.29) is 12.4 Å². The quantitative estimate of drug-likeness (QED) is 0.431. The molecule has 0 saturated heterocycles. The average molecular weight is 77.1 g/mol. The van der Waals surface area contributed by atoms with Gasteiger partial charge in [0, 0.05) is 0 Å². The number of aliphatic hydroxyl groups is 1. The van der Waals surface area contributed by atoms with Crippen LogP contribution in [0, 0.1) is 0 Å². The number of aliphatic hydroxyl groups excluding tert-OH is 1. The van der Waals surface area contributed by atoms with E-state index in [1.165, 1.54) is 6.92 Å². The second-order valence-corrected chi connectivity index (χ2v) is 0.860. The van der Waals surface area contributed by atoms with Crippen LogP contribution < -0.4 is 0 Å². The van der Waals surface area contributed by atoms with E-state index in [0.717, 1.165) is 0 Å². The number of rotatable bonds is 1. The highest BCUT2D eigenvalue weighted by Crippen LogP contribution is 1.55. The lowest BCUT2D eigenvalue weighted by Crippen LogP contribution is -1.93. The van der Waals surface area contributed by atoms with Crippen molar-refractivity contribution in [2.45, 2.75) is 6.92 Å². The fourth-order valence-electron chi connectivity index (χ4n) is 0. The van der Waals surface area contributed by atoms with E-state index in [1.807, 2.05) is 0 Å². The Morgan fingerprint density at radius 3 is 2.20 bits per heavy atom. The highest BCUT2D eigenvalue weighted by molar-refractivity contribution is 5.76. The Kier molecular flexibility index (Phi) is 1.76. The third kappa shape index (κ3) is 3.63. The minimum absolute atomic E-state index is 0.190. The molecule has 0 fully saturated rings. The summed E-state index contributed by atoms with van der Waals surface area (Å²) in [6.07, 6.45) is 0. The molecule has 0 saturated carbocycles. The molecule has 30 valence electrons. The van der Waals surface area contributed by atoms with Gasteiger partial charge in [-0.05, 0) is 6.92 Å². The Morgan fingerprint density at radius 2 is 2.20 bits per heavy atom. The maximum Gasteiger partial charge on any atom is 0.155 e. The number of carbonyl (C=O) groups is 1. The lowest BCUT2D eigenvalue weighted by atomic mass is 11.5. The summed E-state index contributed by atoms with van der Waals surface area (Å²) < 4.78 is 0. The maximum atomic E-state index is 9.56. The van der Waals surface area contributed by atoms with Gasteiger partial charge < -0.3 is 5.11 Å². The molecule has 0 aliphatic heterocycles. The zero-order chi connectivity index (χ0) is 4.28. The predicted molar refractivity (Wildman–Crippen MR) is 17.8 cm³/mol. The summed E-state index contributed by atoms with van der Waals surface area (Å²) in [6.45, 7) is 1.000. The topological polar surface area (TPSA) is 37.3 Å². The molecule has 0 atom stereocenters. The van der Waals surface area contributed by atoms with Crippen molar-refractivity contribution in [3.63, 3.8) is 0 Å². The van der Waals surface area contributed by atoms with Gasteiger partial charge in [0.05, 0.1) is 0 Å². The van der Waals surface area contributed by atoms with Crippen LogP contribution in [0.15, 0.2) is 0 Å². The molecule has 0 unspecified atom stereocenters. The molecule has 0 aromatic rings. The minimum atomic E-state index is -0.333. The SMILES string of the molecule is [13CH3][13C](=O)[13CH2]O. The number of ketones is 1. The second-order valence-electron chi connectivity index (χ2n) is 0.860. The van der Waals surface area contributed by atoms with Crippen molar-refractivity contribution >= 4 is 5.78 Å². The summed E-state index contributed by atoms with van der Waals surface area (Å²) >= 11 is 0. The monoisotopic (exact) mass is 77.0 g/mol. The van der Waals surface area contributed by atoms with Gasteiger partial charge in [0.15, 0.2) is 5.78 Å². The fraction of sp³-hybridized carbons (Fsp3) is 0.667. The van der Waals surface area contributed by atoms with Crippen LogP contribution in [0.2, 0.25) is 0 Å². The van der Waals surface area contributed by atoms with Crippen molar-refractivity contribution in [1.29, 1.82) is 0 Å². The van der Waals surface area contributed by atoms with Crippen LogP contribution in [-0.4, -0.2) is 17.5 Å². The van der Waals surface area contributed by atoms with Gasteiger partial charge in [0.2, 0.25) is 0 Å². The first-order valence-electron chi connectivity index (χ1n) is 1.37. The number of hydrogen-bond acceptors (Lipinski definition) is 2. The van der Waals surface area contributed by atoms with E-state index in [4.69, 9.17) is 5.11 Å². The van der Waals surface area contributed by atoms with Gasteiger partial charge >= 0.3 is 0 Å². The van der Waals surface area contributed by atoms with Crippen LogP contribution in [0.4, 0.5) is 0 Å². The molecule has 0 bridgehead atoms. The van der Waals surface area contributed by atoms with Gasteiger partial charge in [-0.1, -0.05) is 0 Å². The van der Waals surface area contributed by atoms with Crippen LogP contribution in [0.3, 0.4) is 0 Å². The first-order valence-corrected chi connectivity index (χ1v) is 1.37. The number of Topliss-reactive ketones (excluding diaryl/α,β-unsaturated/α-hetero) is 1. The van der Waals surface area contributed by atoms with E-state index in [0.29, 0.717) is 0 Å². The Bertz CT molecular complexity index is 40.2. The molecule has 0 aromatic carbocycles.